The van der Waals surface area contributed by atoms with Crippen molar-refractivity contribution in [3.63, 3.8) is 0 Å². The summed E-state index contributed by atoms with van der Waals surface area (Å²) in [6, 6.07) is 5.37. The summed E-state index contributed by atoms with van der Waals surface area (Å²) < 4.78 is 14.2. The Morgan fingerprint density at radius 1 is 1.19 bits per heavy atom. The minimum atomic E-state index is -0.150. The van der Waals surface area contributed by atoms with E-state index in [2.05, 4.69) is 10.2 Å². The molecular weight excluding hydrogens is 334 g/mol. The number of piperazine rings is 1. The highest BCUT2D eigenvalue weighted by Crippen LogP contribution is 2.42. The summed E-state index contributed by atoms with van der Waals surface area (Å²) in [7, 11) is 0. The Hall–Kier alpha value is -0.0600. The van der Waals surface area contributed by atoms with Crippen molar-refractivity contribution in [2.24, 2.45) is 5.92 Å². The second-order valence-electron chi connectivity index (χ2n) is 5.59. The Balaban J connectivity index is 0.00000110. The fourth-order valence-corrected chi connectivity index (χ4v) is 3.36. The Morgan fingerprint density at radius 2 is 1.86 bits per heavy atom. The van der Waals surface area contributed by atoms with Gasteiger partial charge in [0.1, 0.15) is 5.82 Å². The molecule has 0 amide bonds. The maximum atomic E-state index is 14.2. The van der Waals surface area contributed by atoms with Crippen LogP contribution in [0, 0.1) is 11.7 Å². The van der Waals surface area contributed by atoms with Crippen LogP contribution in [0.4, 0.5) is 4.39 Å². The van der Waals surface area contributed by atoms with Gasteiger partial charge in [0.15, 0.2) is 0 Å². The summed E-state index contributed by atoms with van der Waals surface area (Å²) in [5, 5.41) is 3.84. The van der Waals surface area contributed by atoms with Crippen molar-refractivity contribution in [1.82, 2.24) is 10.2 Å². The van der Waals surface area contributed by atoms with E-state index in [-0.39, 0.29) is 36.7 Å². The van der Waals surface area contributed by atoms with E-state index in [9.17, 15) is 4.39 Å². The zero-order valence-corrected chi connectivity index (χ0v) is 14.2. The molecule has 1 aliphatic carbocycles. The average molecular weight is 356 g/mol. The summed E-state index contributed by atoms with van der Waals surface area (Å²) in [6.07, 6.45) is 3.72. The molecule has 0 bridgehead atoms. The van der Waals surface area contributed by atoms with E-state index in [4.69, 9.17) is 11.6 Å². The lowest BCUT2D eigenvalue weighted by molar-refractivity contribution is 0.0812. The van der Waals surface area contributed by atoms with Gasteiger partial charge in [-0.25, -0.2) is 4.39 Å². The number of nitrogens with one attached hydrogen (secondary N) is 1. The van der Waals surface area contributed by atoms with Gasteiger partial charge >= 0.3 is 0 Å². The van der Waals surface area contributed by atoms with Gasteiger partial charge in [-0.1, -0.05) is 24.1 Å². The molecule has 0 radical (unpaired) electrons. The molecule has 2 aliphatic rings. The molecule has 1 saturated carbocycles. The maximum Gasteiger partial charge on any atom is 0.129 e. The number of nitrogens with zero attached hydrogens (tertiary/aromatic N) is 1. The third-order valence-electron chi connectivity index (χ3n) is 4.42. The zero-order valence-electron chi connectivity index (χ0n) is 11.9. The molecule has 0 unspecified atom stereocenters. The molecule has 0 spiro atoms. The summed E-state index contributed by atoms with van der Waals surface area (Å²) in [5.41, 5.74) is 0.830. The van der Waals surface area contributed by atoms with Gasteiger partial charge in [0.2, 0.25) is 0 Å². The van der Waals surface area contributed by atoms with Gasteiger partial charge in [-0.2, -0.15) is 0 Å². The summed E-state index contributed by atoms with van der Waals surface area (Å²) in [4.78, 5) is 2.44. The van der Waals surface area contributed by atoms with Crippen LogP contribution in [0.2, 0.25) is 5.02 Å². The van der Waals surface area contributed by atoms with E-state index in [1.807, 2.05) is 12.1 Å². The zero-order chi connectivity index (χ0) is 13.2. The molecule has 21 heavy (non-hydrogen) atoms. The fraction of sp³-hybridized carbons (Fsp3) is 0.600. The summed E-state index contributed by atoms with van der Waals surface area (Å²) in [6.45, 7) is 4.00. The second-order valence-corrected chi connectivity index (χ2v) is 6.02. The smallest absolute Gasteiger partial charge is 0.129 e. The lowest BCUT2D eigenvalue weighted by Gasteiger charge is -2.43. The van der Waals surface area contributed by atoms with Crippen molar-refractivity contribution in [2.45, 2.75) is 25.3 Å². The predicted molar refractivity (Wildman–Crippen MR) is 90.4 cm³/mol. The molecule has 1 aromatic rings. The first-order valence-corrected chi connectivity index (χ1v) is 7.53. The Morgan fingerprint density at radius 3 is 2.38 bits per heavy atom. The Bertz CT molecular complexity index is 449. The normalized spacial score (nSPS) is 20.9. The molecule has 2 nitrogen and oxygen atoms in total. The average Bonchev–Trinajstić information content (AvgIpc) is 2.35. The molecule has 120 valence electrons. The lowest BCUT2D eigenvalue weighted by Crippen LogP contribution is -2.48. The number of halogens is 4. The van der Waals surface area contributed by atoms with Crippen LogP contribution >= 0.6 is 36.4 Å². The molecule has 2 fully saturated rings. The molecule has 0 aromatic heterocycles. The van der Waals surface area contributed by atoms with Crippen LogP contribution in [-0.2, 0) is 0 Å². The number of hydrogen-bond acceptors (Lipinski definition) is 2. The van der Waals surface area contributed by atoms with Gasteiger partial charge in [0, 0.05) is 42.8 Å². The first kappa shape index (κ1) is 19.0. The molecule has 1 saturated heterocycles. The molecule has 1 aromatic carbocycles. The van der Waals surface area contributed by atoms with Crippen molar-refractivity contribution in [3.05, 3.63) is 34.6 Å². The van der Waals surface area contributed by atoms with Crippen molar-refractivity contribution >= 4 is 36.4 Å². The van der Waals surface area contributed by atoms with Crippen LogP contribution in [0.25, 0.3) is 0 Å². The first-order chi connectivity index (χ1) is 9.25. The highest BCUT2D eigenvalue weighted by molar-refractivity contribution is 6.30. The standard InChI is InChI=1S/C15H20ClFN2.2ClH/c16-12-4-5-13(14(17)10-12)15(11-2-1-3-11)19-8-6-18-7-9-19;;/h4-5,10-11,15,18H,1-3,6-9H2;2*1H/t15-;;/m1../s1. The van der Waals surface area contributed by atoms with Gasteiger partial charge in [0.05, 0.1) is 0 Å². The minimum Gasteiger partial charge on any atom is -0.314 e. The summed E-state index contributed by atoms with van der Waals surface area (Å²) in [5.74, 6) is 0.455. The van der Waals surface area contributed by atoms with Crippen molar-refractivity contribution in [2.75, 3.05) is 26.2 Å². The van der Waals surface area contributed by atoms with Gasteiger partial charge < -0.3 is 5.32 Å². The summed E-state index contributed by atoms with van der Waals surface area (Å²) >= 11 is 5.87. The van der Waals surface area contributed by atoms with Gasteiger partial charge in [-0.3, -0.25) is 4.90 Å². The maximum absolute atomic E-state index is 14.2. The van der Waals surface area contributed by atoms with E-state index < -0.39 is 0 Å². The molecular formula is C15H22Cl3FN2. The van der Waals surface area contributed by atoms with Crippen LogP contribution in [0.1, 0.15) is 30.9 Å². The van der Waals surface area contributed by atoms with Crippen LogP contribution in [0.15, 0.2) is 18.2 Å². The molecule has 1 heterocycles. The van der Waals surface area contributed by atoms with Gasteiger partial charge in [0.25, 0.3) is 0 Å². The van der Waals surface area contributed by atoms with E-state index in [1.165, 1.54) is 25.3 Å². The monoisotopic (exact) mass is 354 g/mol. The molecule has 6 heteroatoms. The Labute approximate surface area is 143 Å². The van der Waals surface area contributed by atoms with Crippen LogP contribution in [-0.4, -0.2) is 31.1 Å². The number of rotatable bonds is 3. The number of benzene rings is 1. The van der Waals surface area contributed by atoms with Crippen LogP contribution < -0.4 is 5.32 Å². The minimum absolute atomic E-state index is 0. The first-order valence-electron chi connectivity index (χ1n) is 7.15. The van der Waals surface area contributed by atoms with E-state index in [0.717, 1.165) is 31.7 Å². The van der Waals surface area contributed by atoms with Crippen LogP contribution in [0.3, 0.4) is 0 Å². The quantitative estimate of drug-likeness (QED) is 0.879. The largest absolute Gasteiger partial charge is 0.314 e. The SMILES string of the molecule is Cl.Cl.Fc1cc(Cl)ccc1[C@@H](C1CCC1)N1CCNCC1. The van der Waals surface area contributed by atoms with Gasteiger partial charge in [-0.05, 0) is 30.9 Å². The van der Waals surface area contributed by atoms with E-state index in [1.54, 1.807) is 0 Å². The predicted octanol–water partition coefficient (Wildman–Crippen LogP) is 4.07. The molecule has 3 rings (SSSR count). The molecule has 1 atom stereocenters. The van der Waals surface area contributed by atoms with Crippen molar-refractivity contribution in [3.8, 4) is 0 Å². The van der Waals surface area contributed by atoms with Gasteiger partial charge in [-0.15, -0.1) is 24.8 Å². The lowest BCUT2D eigenvalue weighted by atomic mass is 9.76. The Kier molecular flexibility index (Phi) is 7.72. The van der Waals surface area contributed by atoms with Crippen LogP contribution in [0.5, 0.6) is 0 Å². The highest BCUT2D eigenvalue weighted by atomic mass is 35.5. The molecule has 1 aliphatic heterocycles. The van der Waals surface area contributed by atoms with E-state index in [0.29, 0.717) is 10.9 Å². The van der Waals surface area contributed by atoms with E-state index >= 15 is 0 Å². The van der Waals surface area contributed by atoms with Crippen molar-refractivity contribution < 1.29 is 4.39 Å². The molecule has 1 N–H and O–H groups in total. The highest BCUT2D eigenvalue weighted by Gasteiger charge is 2.34. The topological polar surface area (TPSA) is 15.3 Å². The number of hydrogen-bond donors (Lipinski definition) is 1. The van der Waals surface area contributed by atoms with Crippen molar-refractivity contribution in [1.29, 1.82) is 0 Å². The third kappa shape index (κ3) is 4.23. The fourth-order valence-electron chi connectivity index (χ4n) is 3.21. The second kappa shape index (κ2) is 8.54. The third-order valence-corrected chi connectivity index (χ3v) is 4.66.